The van der Waals surface area contributed by atoms with E-state index in [4.69, 9.17) is 11.6 Å². The van der Waals surface area contributed by atoms with Crippen molar-refractivity contribution in [3.63, 3.8) is 0 Å². The molecule has 0 bridgehead atoms. The summed E-state index contributed by atoms with van der Waals surface area (Å²) in [4.78, 5) is 24.4. The summed E-state index contributed by atoms with van der Waals surface area (Å²) in [5.74, 6) is -1.81. The highest BCUT2D eigenvalue weighted by molar-refractivity contribution is 6.17. The van der Waals surface area contributed by atoms with Gasteiger partial charge >= 0.3 is 12.3 Å². The second kappa shape index (κ2) is 5.96. The minimum atomic E-state index is -4.95. The Bertz CT molecular complexity index is 526. The third-order valence-corrected chi connectivity index (χ3v) is 2.37. The third kappa shape index (κ3) is 4.47. The normalized spacial score (nSPS) is 11.2. The van der Waals surface area contributed by atoms with Crippen molar-refractivity contribution < 1.29 is 27.4 Å². The molecule has 19 heavy (non-hydrogen) atoms. The van der Waals surface area contributed by atoms with Crippen molar-refractivity contribution in [2.24, 2.45) is 0 Å². The zero-order valence-corrected chi connectivity index (χ0v) is 10.4. The van der Waals surface area contributed by atoms with Crippen LogP contribution in [0.5, 0.6) is 5.88 Å². The van der Waals surface area contributed by atoms with Crippen LogP contribution in [0.15, 0.2) is 10.9 Å². The van der Waals surface area contributed by atoms with Crippen LogP contribution in [-0.2, 0) is 21.8 Å². The van der Waals surface area contributed by atoms with E-state index in [1.165, 1.54) is 0 Å². The van der Waals surface area contributed by atoms with Crippen molar-refractivity contribution in [1.29, 1.82) is 0 Å². The molecular formula is C10H9ClF3NO4. The van der Waals surface area contributed by atoms with Crippen LogP contribution in [0, 0.1) is 0 Å². The molecule has 1 aromatic rings. The van der Waals surface area contributed by atoms with Gasteiger partial charge in [-0.05, 0) is 6.07 Å². The quantitative estimate of drug-likeness (QED) is 0.679. The van der Waals surface area contributed by atoms with Gasteiger partial charge in [0.15, 0.2) is 0 Å². The molecule has 0 aliphatic carbocycles. The lowest BCUT2D eigenvalue weighted by molar-refractivity contribution is -0.276. The van der Waals surface area contributed by atoms with E-state index in [0.717, 1.165) is 13.2 Å². The summed E-state index contributed by atoms with van der Waals surface area (Å²) in [7, 11) is 1.13. The summed E-state index contributed by atoms with van der Waals surface area (Å²) in [6, 6.07) is 1.07. The molecule has 0 saturated heterocycles. The smallest absolute Gasteiger partial charge is 0.469 e. The van der Waals surface area contributed by atoms with E-state index in [0.29, 0.717) is 0 Å². The zero-order valence-electron chi connectivity index (χ0n) is 9.64. The molecule has 9 heteroatoms. The van der Waals surface area contributed by atoms with E-state index in [1.54, 1.807) is 0 Å². The van der Waals surface area contributed by atoms with Gasteiger partial charge in [-0.25, -0.2) is 0 Å². The summed E-state index contributed by atoms with van der Waals surface area (Å²) in [5.41, 5.74) is -1.02. The Labute approximate surface area is 110 Å². The molecule has 0 atom stereocenters. The van der Waals surface area contributed by atoms with Gasteiger partial charge in [0.1, 0.15) is 0 Å². The average molecular weight is 300 g/mol. The van der Waals surface area contributed by atoms with Crippen LogP contribution in [0.3, 0.4) is 0 Å². The number of aromatic nitrogens is 1. The van der Waals surface area contributed by atoms with Gasteiger partial charge in [-0.3, -0.25) is 14.6 Å². The van der Waals surface area contributed by atoms with E-state index in [1.807, 2.05) is 4.98 Å². The predicted octanol–water partition coefficient (Wildman–Crippen LogP) is 1.73. The number of methoxy groups -OCH3 is 1. The van der Waals surface area contributed by atoms with E-state index in [2.05, 4.69) is 9.47 Å². The number of hydrogen-bond donors (Lipinski definition) is 1. The van der Waals surface area contributed by atoms with Crippen molar-refractivity contribution in [1.82, 2.24) is 4.98 Å². The molecule has 0 aromatic carbocycles. The lowest BCUT2D eigenvalue weighted by atomic mass is 10.1. The van der Waals surface area contributed by atoms with Crippen LogP contribution in [0.2, 0.25) is 0 Å². The first kappa shape index (κ1) is 15.4. The molecule has 0 aliphatic rings. The van der Waals surface area contributed by atoms with E-state index in [9.17, 15) is 22.8 Å². The predicted molar refractivity (Wildman–Crippen MR) is 59.0 cm³/mol. The molecule has 0 unspecified atom stereocenters. The van der Waals surface area contributed by atoms with Crippen molar-refractivity contribution >= 4 is 17.6 Å². The molecule has 5 nitrogen and oxygen atoms in total. The maximum atomic E-state index is 12.1. The van der Waals surface area contributed by atoms with E-state index in [-0.39, 0.29) is 23.4 Å². The molecule has 1 rings (SSSR count). The molecule has 0 saturated carbocycles. The summed E-state index contributed by atoms with van der Waals surface area (Å²) in [6.07, 6.45) is -5.32. The second-order valence-corrected chi connectivity index (χ2v) is 3.68. The number of aromatic amines is 1. The van der Waals surface area contributed by atoms with Crippen molar-refractivity contribution in [2.45, 2.75) is 18.7 Å². The Balaban J connectivity index is 3.14. The molecule has 0 fully saturated rings. The second-order valence-electron chi connectivity index (χ2n) is 3.41. The first-order valence-electron chi connectivity index (χ1n) is 4.90. The van der Waals surface area contributed by atoms with Gasteiger partial charge in [0, 0.05) is 11.1 Å². The minimum absolute atomic E-state index is 0.0583. The topological polar surface area (TPSA) is 68.4 Å². The van der Waals surface area contributed by atoms with E-state index >= 15 is 0 Å². The number of nitrogens with one attached hydrogen (secondary N) is 1. The monoisotopic (exact) mass is 299 g/mol. The van der Waals surface area contributed by atoms with Gasteiger partial charge in [-0.2, -0.15) is 0 Å². The van der Waals surface area contributed by atoms with Crippen LogP contribution in [0.1, 0.15) is 11.1 Å². The molecule has 106 valence electrons. The number of ether oxygens (including phenoxy) is 2. The van der Waals surface area contributed by atoms with Crippen molar-refractivity contribution in [3.8, 4) is 5.88 Å². The van der Waals surface area contributed by atoms with Gasteiger partial charge in [-0.15, -0.1) is 24.8 Å². The standard InChI is InChI=1S/C10H9ClF3NO4/c1-18-7(16)3-5-2-6(4-11)9(15-8(5)17)19-10(12,13)14/h2H,3-4H2,1H3,(H,15,17). The summed E-state index contributed by atoms with van der Waals surface area (Å²) >= 11 is 5.47. The number of pyridine rings is 1. The largest absolute Gasteiger partial charge is 0.574 e. The third-order valence-electron chi connectivity index (χ3n) is 2.08. The van der Waals surface area contributed by atoms with Gasteiger partial charge in [-0.1, -0.05) is 0 Å². The zero-order chi connectivity index (χ0) is 14.6. The maximum Gasteiger partial charge on any atom is 0.574 e. The van der Waals surface area contributed by atoms with Gasteiger partial charge in [0.05, 0.1) is 19.4 Å². The average Bonchev–Trinajstić information content (AvgIpc) is 2.30. The fourth-order valence-electron chi connectivity index (χ4n) is 1.27. The molecule has 1 N–H and O–H groups in total. The highest BCUT2D eigenvalue weighted by Gasteiger charge is 2.32. The fraction of sp³-hybridized carbons (Fsp3) is 0.400. The minimum Gasteiger partial charge on any atom is -0.469 e. The first-order chi connectivity index (χ1) is 8.76. The SMILES string of the molecule is COC(=O)Cc1cc(CCl)c(OC(F)(F)F)[nH]c1=O. The van der Waals surface area contributed by atoms with Crippen molar-refractivity contribution in [2.75, 3.05) is 7.11 Å². The van der Waals surface area contributed by atoms with Gasteiger partial charge < -0.3 is 9.47 Å². The Morgan fingerprint density at radius 2 is 2.05 bits per heavy atom. The first-order valence-corrected chi connectivity index (χ1v) is 5.44. The van der Waals surface area contributed by atoms with Gasteiger partial charge in [0.25, 0.3) is 5.56 Å². The maximum absolute atomic E-state index is 12.1. The van der Waals surface area contributed by atoms with Crippen LogP contribution >= 0.6 is 11.6 Å². The highest BCUT2D eigenvalue weighted by Crippen LogP contribution is 2.24. The molecule has 1 heterocycles. The fourth-order valence-corrected chi connectivity index (χ4v) is 1.47. The van der Waals surface area contributed by atoms with Crippen LogP contribution in [0.25, 0.3) is 0 Å². The number of halogens is 4. The molecule has 0 spiro atoms. The van der Waals surface area contributed by atoms with E-state index < -0.39 is 23.8 Å². The number of hydrogen-bond acceptors (Lipinski definition) is 4. The lowest BCUT2D eigenvalue weighted by Crippen LogP contribution is -2.24. The van der Waals surface area contributed by atoms with Crippen molar-refractivity contribution in [3.05, 3.63) is 27.5 Å². The number of H-pyrrole nitrogens is 1. The Morgan fingerprint density at radius 3 is 2.53 bits per heavy atom. The molecule has 0 radical (unpaired) electrons. The molecule has 0 amide bonds. The highest BCUT2D eigenvalue weighted by atomic mass is 35.5. The number of carbonyl (C=O) groups excluding carboxylic acids is 1. The lowest BCUT2D eigenvalue weighted by Gasteiger charge is -2.12. The Morgan fingerprint density at radius 1 is 1.42 bits per heavy atom. The Kier molecular flexibility index (Phi) is 4.82. The van der Waals surface area contributed by atoms with Gasteiger partial charge in [0.2, 0.25) is 5.88 Å². The summed E-state index contributed by atoms with van der Waals surface area (Å²) in [5, 5.41) is 0. The van der Waals surface area contributed by atoms with Crippen LogP contribution < -0.4 is 10.3 Å². The van der Waals surface area contributed by atoms with Crippen LogP contribution in [-0.4, -0.2) is 24.4 Å². The van der Waals surface area contributed by atoms with Crippen LogP contribution in [0.4, 0.5) is 13.2 Å². The number of rotatable bonds is 4. The summed E-state index contributed by atoms with van der Waals surface area (Å²) in [6.45, 7) is 0. The number of esters is 1. The number of alkyl halides is 4. The Hall–Kier alpha value is -1.70. The summed E-state index contributed by atoms with van der Waals surface area (Å²) < 4.78 is 44.3. The number of carbonyl (C=O) groups is 1. The molecule has 1 aromatic heterocycles. The molecule has 0 aliphatic heterocycles. The molecular weight excluding hydrogens is 291 g/mol.